The summed E-state index contributed by atoms with van der Waals surface area (Å²) >= 11 is 0. The molecule has 3 atom stereocenters. The Morgan fingerprint density at radius 2 is 1.45 bits per heavy atom. The smallest absolute Gasteiger partial charge is 0.407 e. The highest BCUT2D eigenvalue weighted by Crippen LogP contribution is 2.44. The highest BCUT2D eigenvalue weighted by atomic mass is 16.5. The van der Waals surface area contributed by atoms with E-state index in [0.29, 0.717) is 0 Å². The molecule has 2 aromatic carbocycles. The zero-order valence-corrected chi connectivity index (χ0v) is 19.2. The summed E-state index contributed by atoms with van der Waals surface area (Å²) in [6.45, 7) is 4.94. The molecule has 2 amide bonds. The van der Waals surface area contributed by atoms with Crippen molar-refractivity contribution in [3.63, 3.8) is 0 Å². The van der Waals surface area contributed by atoms with E-state index in [1.807, 2.05) is 48.5 Å². The fourth-order valence-electron chi connectivity index (χ4n) is 4.04. The maximum Gasteiger partial charge on any atom is 0.407 e. The second kappa shape index (κ2) is 10.5. The van der Waals surface area contributed by atoms with Gasteiger partial charge in [-0.25, -0.2) is 9.59 Å². The molecule has 0 saturated heterocycles. The van der Waals surface area contributed by atoms with Crippen LogP contribution in [0.15, 0.2) is 48.5 Å². The first-order chi connectivity index (χ1) is 15.7. The summed E-state index contributed by atoms with van der Waals surface area (Å²) in [7, 11) is 1.23. The Hall–Kier alpha value is -3.39. The van der Waals surface area contributed by atoms with Crippen molar-refractivity contribution in [2.75, 3.05) is 13.7 Å². The minimum atomic E-state index is -1.30. The van der Waals surface area contributed by atoms with Gasteiger partial charge in [0, 0.05) is 5.92 Å². The predicted octanol–water partition coefficient (Wildman–Crippen LogP) is 2.59. The minimum absolute atomic E-state index is 0.0742. The average molecular weight is 455 g/mol. The van der Waals surface area contributed by atoms with Gasteiger partial charge in [0.25, 0.3) is 0 Å². The van der Waals surface area contributed by atoms with E-state index in [1.54, 1.807) is 13.8 Å². The van der Waals surface area contributed by atoms with Crippen LogP contribution in [-0.4, -0.2) is 55.0 Å². The number of hydrogen-bond donors (Lipinski definition) is 3. The number of fused-ring (bicyclic) bond motifs is 3. The van der Waals surface area contributed by atoms with Crippen molar-refractivity contribution >= 4 is 18.0 Å². The number of ether oxygens (including phenoxy) is 2. The topological polar surface area (TPSA) is 114 Å². The Kier molecular flexibility index (Phi) is 7.71. The molecule has 0 aromatic heterocycles. The Bertz CT molecular complexity index is 974. The van der Waals surface area contributed by atoms with Gasteiger partial charge in [-0.15, -0.1) is 0 Å². The van der Waals surface area contributed by atoms with Crippen LogP contribution in [0.25, 0.3) is 11.1 Å². The highest BCUT2D eigenvalue weighted by Gasteiger charge is 2.33. The first-order valence-corrected chi connectivity index (χ1v) is 10.9. The van der Waals surface area contributed by atoms with Crippen LogP contribution in [0.5, 0.6) is 0 Å². The quantitative estimate of drug-likeness (QED) is 0.529. The maximum atomic E-state index is 12.7. The first kappa shape index (κ1) is 24.3. The Labute approximate surface area is 193 Å². The van der Waals surface area contributed by atoms with Gasteiger partial charge >= 0.3 is 12.1 Å². The third kappa shape index (κ3) is 5.34. The molecule has 0 heterocycles. The number of methoxy groups -OCH3 is 1. The van der Waals surface area contributed by atoms with E-state index in [-0.39, 0.29) is 18.4 Å². The summed E-state index contributed by atoms with van der Waals surface area (Å²) in [4.78, 5) is 37.2. The van der Waals surface area contributed by atoms with Crippen LogP contribution in [0.2, 0.25) is 0 Å². The van der Waals surface area contributed by atoms with Crippen molar-refractivity contribution < 1.29 is 29.0 Å². The monoisotopic (exact) mass is 454 g/mol. The van der Waals surface area contributed by atoms with Crippen molar-refractivity contribution in [2.45, 2.75) is 44.9 Å². The van der Waals surface area contributed by atoms with Gasteiger partial charge in [0.05, 0.1) is 13.2 Å². The third-order valence-corrected chi connectivity index (χ3v) is 5.80. The van der Waals surface area contributed by atoms with Gasteiger partial charge in [-0.1, -0.05) is 62.4 Å². The number of benzene rings is 2. The molecule has 0 bridgehead atoms. The van der Waals surface area contributed by atoms with E-state index >= 15 is 0 Å². The number of nitrogens with one attached hydrogen (secondary N) is 2. The van der Waals surface area contributed by atoms with E-state index in [0.717, 1.165) is 22.3 Å². The molecule has 1 aliphatic carbocycles. The number of carbonyl (C=O) groups is 3. The number of hydrogen-bond acceptors (Lipinski definition) is 6. The summed E-state index contributed by atoms with van der Waals surface area (Å²) in [5.74, 6) is -1.69. The van der Waals surface area contributed by atoms with Gasteiger partial charge in [0.15, 0.2) is 0 Å². The van der Waals surface area contributed by atoms with Gasteiger partial charge in [-0.3, -0.25) is 4.79 Å². The van der Waals surface area contributed by atoms with Crippen molar-refractivity contribution in [1.82, 2.24) is 10.6 Å². The van der Waals surface area contributed by atoms with Gasteiger partial charge in [-0.2, -0.15) is 0 Å². The van der Waals surface area contributed by atoms with Gasteiger partial charge in [0.1, 0.15) is 18.7 Å². The Morgan fingerprint density at radius 1 is 0.909 bits per heavy atom. The fraction of sp³-hybridized carbons (Fsp3) is 0.400. The molecule has 1 aliphatic rings. The number of carbonyl (C=O) groups excluding carboxylic acids is 3. The molecule has 176 valence electrons. The number of aliphatic hydroxyl groups is 1. The van der Waals surface area contributed by atoms with Crippen molar-refractivity contribution in [2.24, 2.45) is 5.92 Å². The molecule has 0 saturated carbocycles. The van der Waals surface area contributed by atoms with Gasteiger partial charge in [-0.05, 0) is 35.1 Å². The van der Waals surface area contributed by atoms with Crippen LogP contribution in [0.1, 0.15) is 37.8 Å². The molecular formula is C25H30N2O6. The summed E-state index contributed by atoms with van der Waals surface area (Å²) in [5, 5.41) is 15.0. The molecule has 8 nitrogen and oxygen atoms in total. The zero-order chi connectivity index (χ0) is 24.1. The summed E-state index contributed by atoms with van der Waals surface area (Å²) < 4.78 is 10.2. The fourth-order valence-corrected chi connectivity index (χ4v) is 4.04. The van der Waals surface area contributed by atoms with Gasteiger partial charge < -0.3 is 25.2 Å². The van der Waals surface area contributed by atoms with Crippen LogP contribution < -0.4 is 10.6 Å². The first-order valence-electron chi connectivity index (χ1n) is 10.9. The van der Waals surface area contributed by atoms with Crippen molar-refractivity contribution in [3.8, 4) is 11.1 Å². The molecule has 3 N–H and O–H groups in total. The van der Waals surface area contributed by atoms with Crippen molar-refractivity contribution in [3.05, 3.63) is 59.7 Å². The number of aliphatic hydroxyl groups excluding tert-OH is 1. The molecule has 33 heavy (non-hydrogen) atoms. The van der Waals surface area contributed by atoms with Gasteiger partial charge in [0.2, 0.25) is 5.91 Å². The van der Waals surface area contributed by atoms with E-state index < -0.39 is 36.2 Å². The molecule has 0 aliphatic heterocycles. The lowest BCUT2D eigenvalue weighted by atomic mass is 9.98. The molecule has 2 aromatic rings. The van der Waals surface area contributed by atoms with Crippen LogP contribution in [0, 0.1) is 5.92 Å². The largest absolute Gasteiger partial charge is 0.467 e. The lowest BCUT2D eigenvalue weighted by Crippen LogP contribution is -2.57. The number of amides is 2. The number of esters is 1. The van der Waals surface area contributed by atoms with E-state index in [9.17, 15) is 19.5 Å². The average Bonchev–Trinajstić information content (AvgIpc) is 3.12. The zero-order valence-electron chi connectivity index (χ0n) is 19.2. The molecular weight excluding hydrogens is 424 g/mol. The molecule has 0 spiro atoms. The van der Waals surface area contributed by atoms with Crippen LogP contribution >= 0.6 is 0 Å². The molecule has 3 rings (SSSR count). The van der Waals surface area contributed by atoms with Crippen LogP contribution in [0.4, 0.5) is 4.79 Å². The number of rotatable bonds is 8. The molecule has 1 unspecified atom stereocenters. The Balaban J connectivity index is 1.66. The minimum Gasteiger partial charge on any atom is -0.467 e. The summed E-state index contributed by atoms with van der Waals surface area (Å²) in [6, 6.07) is 13.7. The van der Waals surface area contributed by atoms with E-state index in [4.69, 9.17) is 9.47 Å². The standard InChI is InChI=1S/C25H30N2O6/c1-14(2)21(24(30)32-4)26-23(29)22(15(3)28)27-25(31)33-13-20-18-11-7-5-9-16(18)17-10-6-8-12-19(17)20/h5-12,14-15,20-22,28H,13H2,1-4H3,(H,26,29)(H,27,31)/t15-,21+,22?/m1/s1. The Morgan fingerprint density at radius 3 is 1.94 bits per heavy atom. The summed E-state index contributed by atoms with van der Waals surface area (Å²) in [5.41, 5.74) is 4.33. The van der Waals surface area contributed by atoms with Crippen LogP contribution in [0.3, 0.4) is 0 Å². The van der Waals surface area contributed by atoms with Crippen molar-refractivity contribution in [1.29, 1.82) is 0 Å². The highest BCUT2D eigenvalue weighted by molar-refractivity contribution is 5.90. The third-order valence-electron chi connectivity index (χ3n) is 5.80. The summed E-state index contributed by atoms with van der Waals surface area (Å²) in [6.07, 6.45) is -2.05. The predicted molar refractivity (Wildman–Crippen MR) is 122 cm³/mol. The second-order valence-electron chi connectivity index (χ2n) is 8.44. The lowest BCUT2D eigenvalue weighted by Gasteiger charge is -2.25. The second-order valence-corrected chi connectivity index (χ2v) is 8.44. The maximum absolute atomic E-state index is 12.7. The van der Waals surface area contributed by atoms with E-state index in [1.165, 1.54) is 14.0 Å². The van der Waals surface area contributed by atoms with Crippen LogP contribution in [-0.2, 0) is 19.1 Å². The SMILES string of the molecule is COC(=O)[C@@H](NC(=O)C(NC(=O)OCC1c2ccccc2-c2ccccc21)[C@@H](C)O)C(C)C. The lowest BCUT2D eigenvalue weighted by molar-refractivity contribution is -0.147. The number of alkyl carbamates (subject to hydrolysis) is 1. The molecule has 0 fully saturated rings. The van der Waals surface area contributed by atoms with E-state index in [2.05, 4.69) is 10.6 Å². The normalized spacial score (nSPS) is 15.1. The molecule has 0 radical (unpaired) electrons. The molecule has 8 heteroatoms.